The fraction of sp³-hybridized carbons (Fsp3) is 0.192. The van der Waals surface area contributed by atoms with E-state index >= 15 is 0 Å². The van der Waals surface area contributed by atoms with Crippen LogP contribution in [-0.2, 0) is 20.9 Å². The fourth-order valence-electron chi connectivity index (χ4n) is 3.78. The van der Waals surface area contributed by atoms with E-state index in [1.54, 1.807) is 18.4 Å². The van der Waals surface area contributed by atoms with Crippen LogP contribution < -0.4 is 5.32 Å². The van der Waals surface area contributed by atoms with Crippen molar-refractivity contribution in [1.29, 1.82) is 0 Å². The first-order valence-electron chi connectivity index (χ1n) is 10.5. The summed E-state index contributed by atoms with van der Waals surface area (Å²) in [4.78, 5) is 31.3. The van der Waals surface area contributed by atoms with Crippen LogP contribution in [0.4, 0.5) is 0 Å². The van der Waals surface area contributed by atoms with Gasteiger partial charge in [-0.25, -0.2) is 9.78 Å². The fourth-order valence-corrected chi connectivity index (χ4v) is 4.58. The van der Waals surface area contributed by atoms with Crippen LogP contribution in [0.5, 0.6) is 0 Å². The lowest BCUT2D eigenvalue weighted by molar-refractivity contribution is -0.124. The minimum Gasteiger partial charge on any atom is -0.452 e. The van der Waals surface area contributed by atoms with E-state index in [0.29, 0.717) is 11.3 Å². The molecule has 0 aliphatic heterocycles. The van der Waals surface area contributed by atoms with Crippen molar-refractivity contribution < 1.29 is 19.1 Å². The van der Waals surface area contributed by atoms with Gasteiger partial charge >= 0.3 is 5.97 Å². The molecule has 1 amide bonds. The van der Waals surface area contributed by atoms with Crippen LogP contribution in [0.25, 0.3) is 10.9 Å². The maximum Gasteiger partial charge on any atom is 0.340 e. The van der Waals surface area contributed by atoms with Crippen LogP contribution in [0.15, 0.2) is 72.1 Å². The second-order valence-electron chi connectivity index (χ2n) is 7.51. The van der Waals surface area contributed by atoms with Gasteiger partial charge in [-0.1, -0.05) is 54.6 Å². The molecule has 0 saturated carbocycles. The third-order valence-corrected chi connectivity index (χ3v) is 6.25. The van der Waals surface area contributed by atoms with Crippen LogP contribution in [0.3, 0.4) is 0 Å². The molecule has 4 rings (SSSR count). The number of aryl methyl sites for hydroxylation is 1. The first-order valence-corrected chi connectivity index (χ1v) is 11.4. The number of nitrogens with one attached hydrogen (secondary N) is 1. The van der Waals surface area contributed by atoms with Gasteiger partial charge in [0.1, 0.15) is 0 Å². The van der Waals surface area contributed by atoms with Crippen LogP contribution >= 0.6 is 11.3 Å². The number of ether oxygens (including phenoxy) is 2. The smallest absolute Gasteiger partial charge is 0.340 e. The molecule has 2 aromatic carbocycles. The lowest BCUT2D eigenvalue weighted by atomic mass is 10.0. The van der Waals surface area contributed by atoms with Gasteiger partial charge < -0.3 is 14.8 Å². The molecule has 2 aromatic heterocycles. The van der Waals surface area contributed by atoms with Gasteiger partial charge in [0.05, 0.1) is 29.4 Å². The first-order chi connectivity index (χ1) is 16.1. The maximum atomic E-state index is 13.0. The summed E-state index contributed by atoms with van der Waals surface area (Å²) in [6.45, 7) is 1.62. The summed E-state index contributed by atoms with van der Waals surface area (Å²) >= 11 is 1.55. The third kappa shape index (κ3) is 5.10. The third-order valence-electron chi connectivity index (χ3n) is 5.31. The molecule has 1 unspecified atom stereocenters. The Labute approximate surface area is 196 Å². The van der Waals surface area contributed by atoms with Crippen LogP contribution in [0, 0.1) is 6.92 Å². The Kier molecular flexibility index (Phi) is 7.12. The molecule has 0 fully saturated rings. The quantitative estimate of drug-likeness (QED) is 0.382. The van der Waals surface area contributed by atoms with Crippen LogP contribution in [0.2, 0.25) is 0 Å². The van der Waals surface area contributed by atoms with E-state index in [-0.39, 0.29) is 18.6 Å². The van der Waals surface area contributed by atoms with E-state index in [1.165, 1.54) is 0 Å². The highest BCUT2D eigenvalue weighted by atomic mass is 32.1. The van der Waals surface area contributed by atoms with Crippen molar-refractivity contribution in [3.63, 3.8) is 0 Å². The highest BCUT2D eigenvalue weighted by molar-refractivity contribution is 7.10. The number of fused-ring (bicyclic) bond motifs is 1. The molecule has 0 bridgehead atoms. The second-order valence-corrected chi connectivity index (χ2v) is 8.49. The summed E-state index contributed by atoms with van der Waals surface area (Å²) < 4.78 is 10.7. The number of amides is 1. The molecule has 0 saturated heterocycles. The van der Waals surface area contributed by atoms with Gasteiger partial charge in [0.15, 0.2) is 6.61 Å². The average Bonchev–Trinajstić information content (AvgIpc) is 3.37. The SMILES string of the molecule is COCc1nc2ccccc2c(C)c1C(=O)OCC(=O)NC(c1ccccc1)c1cccs1. The average molecular weight is 461 g/mol. The van der Waals surface area contributed by atoms with Crippen molar-refractivity contribution in [2.24, 2.45) is 0 Å². The number of esters is 1. The van der Waals surface area contributed by atoms with Crippen molar-refractivity contribution in [1.82, 2.24) is 10.3 Å². The summed E-state index contributed by atoms with van der Waals surface area (Å²) in [7, 11) is 1.54. The number of benzene rings is 2. The Bertz CT molecular complexity index is 1260. The summed E-state index contributed by atoms with van der Waals surface area (Å²) in [6.07, 6.45) is 0. The normalized spacial score (nSPS) is 11.8. The van der Waals surface area contributed by atoms with Crippen molar-refractivity contribution in [2.75, 3.05) is 13.7 Å². The highest BCUT2D eigenvalue weighted by Gasteiger charge is 2.22. The van der Waals surface area contributed by atoms with Gasteiger partial charge in [0.2, 0.25) is 0 Å². The molecule has 33 heavy (non-hydrogen) atoms. The van der Waals surface area contributed by atoms with E-state index in [0.717, 1.165) is 26.9 Å². The minimum absolute atomic E-state index is 0.163. The van der Waals surface area contributed by atoms with E-state index in [9.17, 15) is 9.59 Å². The first kappa shape index (κ1) is 22.6. The van der Waals surface area contributed by atoms with Crippen molar-refractivity contribution in [2.45, 2.75) is 19.6 Å². The minimum atomic E-state index is -0.597. The number of aromatic nitrogens is 1. The number of thiophene rings is 1. The molecule has 1 N–H and O–H groups in total. The zero-order valence-electron chi connectivity index (χ0n) is 18.4. The monoisotopic (exact) mass is 460 g/mol. The van der Waals surface area contributed by atoms with Crippen LogP contribution in [-0.4, -0.2) is 30.6 Å². The summed E-state index contributed by atoms with van der Waals surface area (Å²) in [5, 5.41) is 5.80. The Morgan fingerprint density at radius 2 is 1.79 bits per heavy atom. The molecule has 6 nitrogen and oxygen atoms in total. The number of carbonyl (C=O) groups excluding carboxylic acids is 2. The Morgan fingerprint density at radius 1 is 1.03 bits per heavy atom. The predicted octanol–water partition coefficient (Wildman–Crippen LogP) is 4.81. The van der Waals surface area contributed by atoms with E-state index in [1.807, 2.05) is 79.0 Å². The molecular formula is C26H24N2O4S. The van der Waals surface area contributed by atoms with Gasteiger partial charge in [-0.3, -0.25) is 4.79 Å². The highest BCUT2D eigenvalue weighted by Crippen LogP contribution is 2.26. The van der Waals surface area contributed by atoms with Gasteiger partial charge in [-0.2, -0.15) is 0 Å². The number of nitrogens with zero attached hydrogens (tertiary/aromatic N) is 1. The van der Waals surface area contributed by atoms with Crippen LogP contribution in [0.1, 0.15) is 38.1 Å². The lowest BCUT2D eigenvalue weighted by Gasteiger charge is -2.18. The number of carbonyl (C=O) groups is 2. The summed E-state index contributed by atoms with van der Waals surface area (Å²) in [6, 6.07) is 20.9. The second kappa shape index (κ2) is 10.4. The number of rotatable bonds is 8. The molecule has 0 radical (unpaired) electrons. The van der Waals surface area contributed by atoms with Crippen molar-refractivity contribution >= 4 is 34.1 Å². The number of hydrogen-bond donors (Lipinski definition) is 1. The van der Waals surface area contributed by atoms with Gasteiger partial charge in [0, 0.05) is 17.4 Å². The zero-order chi connectivity index (χ0) is 23.2. The molecule has 0 spiro atoms. The Morgan fingerprint density at radius 3 is 2.52 bits per heavy atom. The van der Waals surface area contributed by atoms with E-state index < -0.39 is 12.6 Å². The topological polar surface area (TPSA) is 77.5 Å². The molecule has 7 heteroatoms. The molecule has 2 heterocycles. The van der Waals surface area contributed by atoms with E-state index in [2.05, 4.69) is 10.3 Å². The molecular weight excluding hydrogens is 436 g/mol. The van der Waals surface area contributed by atoms with E-state index in [4.69, 9.17) is 9.47 Å². The summed E-state index contributed by atoms with van der Waals surface area (Å²) in [5.74, 6) is -0.981. The van der Waals surface area contributed by atoms with Gasteiger partial charge in [0.25, 0.3) is 5.91 Å². The molecule has 4 aromatic rings. The zero-order valence-corrected chi connectivity index (χ0v) is 19.2. The number of para-hydroxylation sites is 1. The molecule has 1 atom stereocenters. The largest absolute Gasteiger partial charge is 0.452 e. The standard InChI is InChI=1S/C26H24N2O4S/c1-17-19-11-6-7-12-20(19)27-21(15-31-2)24(17)26(30)32-16-23(29)28-25(22-13-8-14-33-22)18-9-4-3-5-10-18/h3-14,25H,15-16H2,1-2H3,(H,28,29). The number of pyridine rings is 1. The van der Waals surface area contributed by atoms with Gasteiger partial charge in [-0.05, 0) is 35.6 Å². The van der Waals surface area contributed by atoms with Crippen molar-refractivity contribution in [3.8, 4) is 0 Å². The van der Waals surface area contributed by atoms with Crippen molar-refractivity contribution in [3.05, 3.63) is 99.4 Å². The molecule has 168 valence electrons. The van der Waals surface area contributed by atoms with Gasteiger partial charge in [-0.15, -0.1) is 11.3 Å². The Hall–Kier alpha value is -3.55. The molecule has 0 aliphatic rings. The number of hydrogen-bond acceptors (Lipinski definition) is 6. The Balaban J connectivity index is 1.51. The summed E-state index contributed by atoms with van der Waals surface area (Å²) in [5.41, 5.74) is 3.30. The predicted molar refractivity (Wildman–Crippen MR) is 128 cm³/mol. The maximum absolute atomic E-state index is 13.0. The molecule has 0 aliphatic carbocycles. The number of methoxy groups -OCH3 is 1. The lowest BCUT2D eigenvalue weighted by Crippen LogP contribution is -2.33.